The van der Waals surface area contributed by atoms with E-state index in [0.29, 0.717) is 6.42 Å². The first-order valence-corrected chi connectivity index (χ1v) is 8.29. The van der Waals surface area contributed by atoms with E-state index in [9.17, 15) is 18.5 Å². The van der Waals surface area contributed by atoms with Gasteiger partial charge in [-0.05, 0) is 25.5 Å². The number of rotatable bonds is 8. The molecule has 0 aromatic heterocycles. The molecule has 0 saturated heterocycles. The summed E-state index contributed by atoms with van der Waals surface area (Å²) in [5.41, 5.74) is -0.265. The van der Waals surface area contributed by atoms with Gasteiger partial charge in [-0.2, -0.15) is 0 Å². The molecule has 7 nitrogen and oxygen atoms in total. The fourth-order valence-electron chi connectivity index (χ4n) is 2.03. The summed E-state index contributed by atoms with van der Waals surface area (Å²) < 4.78 is 27.2. The first kappa shape index (κ1) is 17.4. The van der Waals surface area contributed by atoms with Crippen molar-refractivity contribution in [1.82, 2.24) is 4.72 Å². The standard InChI is InChI=1S/C13H21N3O4S/c1-4-5-7-10(2)15-21(19,20)12-9-6-8-11(14-3)13(12)16(17)18/h6,8-10,14-15H,4-5,7H2,1-3H3. The van der Waals surface area contributed by atoms with Gasteiger partial charge in [0.2, 0.25) is 10.0 Å². The summed E-state index contributed by atoms with van der Waals surface area (Å²) in [6.45, 7) is 3.77. The molecule has 0 heterocycles. The Balaban J connectivity index is 3.17. The van der Waals surface area contributed by atoms with Crippen LogP contribution in [0.5, 0.6) is 0 Å². The quantitative estimate of drug-likeness (QED) is 0.567. The van der Waals surface area contributed by atoms with Gasteiger partial charge in [0.25, 0.3) is 0 Å². The zero-order valence-corrected chi connectivity index (χ0v) is 13.2. The lowest BCUT2D eigenvalue weighted by Gasteiger charge is -2.14. The number of nitro groups is 1. The van der Waals surface area contributed by atoms with Crippen LogP contribution >= 0.6 is 0 Å². The van der Waals surface area contributed by atoms with Gasteiger partial charge in [-0.3, -0.25) is 10.1 Å². The number of anilines is 1. The van der Waals surface area contributed by atoms with Crippen LogP contribution in [0.2, 0.25) is 0 Å². The van der Waals surface area contributed by atoms with Gasteiger partial charge in [0.1, 0.15) is 5.69 Å². The topological polar surface area (TPSA) is 101 Å². The van der Waals surface area contributed by atoms with Gasteiger partial charge in [-0.1, -0.05) is 25.8 Å². The van der Waals surface area contributed by atoms with E-state index in [4.69, 9.17) is 0 Å². The molecule has 1 aromatic carbocycles. The number of hydrogen-bond donors (Lipinski definition) is 2. The van der Waals surface area contributed by atoms with E-state index in [1.165, 1.54) is 25.2 Å². The van der Waals surface area contributed by atoms with Crippen molar-refractivity contribution in [3.8, 4) is 0 Å². The predicted molar refractivity (Wildman–Crippen MR) is 82.0 cm³/mol. The second-order valence-corrected chi connectivity index (χ2v) is 6.51. The third kappa shape index (κ3) is 4.40. The number of sulfonamides is 1. The molecule has 0 bridgehead atoms. The summed E-state index contributed by atoms with van der Waals surface area (Å²) in [6, 6.07) is 3.92. The van der Waals surface area contributed by atoms with Crippen molar-refractivity contribution in [2.45, 2.75) is 44.0 Å². The molecule has 8 heteroatoms. The summed E-state index contributed by atoms with van der Waals surface area (Å²) >= 11 is 0. The lowest BCUT2D eigenvalue weighted by Crippen LogP contribution is -2.33. The lowest BCUT2D eigenvalue weighted by molar-refractivity contribution is -0.386. The van der Waals surface area contributed by atoms with Gasteiger partial charge >= 0.3 is 5.69 Å². The highest BCUT2D eigenvalue weighted by Crippen LogP contribution is 2.31. The second-order valence-electron chi connectivity index (χ2n) is 4.82. The highest BCUT2D eigenvalue weighted by molar-refractivity contribution is 7.89. The van der Waals surface area contributed by atoms with Gasteiger partial charge in [0, 0.05) is 13.1 Å². The number of para-hydroxylation sites is 1. The van der Waals surface area contributed by atoms with E-state index in [2.05, 4.69) is 10.0 Å². The average molecular weight is 315 g/mol. The fraction of sp³-hybridized carbons (Fsp3) is 0.538. The number of benzene rings is 1. The summed E-state index contributed by atoms with van der Waals surface area (Å²) in [5, 5.41) is 13.8. The first-order valence-electron chi connectivity index (χ1n) is 6.81. The minimum atomic E-state index is -3.93. The summed E-state index contributed by atoms with van der Waals surface area (Å²) in [4.78, 5) is 10.2. The molecule has 0 aliphatic heterocycles. The van der Waals surface area contributed by atoms with Crippen LogP contribution in [0.25, 0.3) is 0 Å². The molecule has 2 N–H and O–H groups in total. The van der Waals surface area contributed by atoms with E-state index >= 15 is 0 Å². The van der Waals surface area contributed by atoms with Crippen LogP contribution in [0.3, 0.4) is 0 Å². The molecule has 0 saturated carbocycles. The highest BCUT2D eigenvalue weighted by atomic mass is 32.2. The normalized spacial score (nSPS) is 12.9. The first-order chi connectivity index (χ1) is 9.83. The van der Waals surface area contributed by atoms with Crippen molar-refractivity contribution in [1.29, 1.82) is 0 Å². The molecule has 0 aliphatic carbocycles. The molecule has 0 spiro atoms. The SMILES string of the molecule is CCCCC(C)NS(=O)(=O)c1cccc(NC)c1[N+](=O)[O-]. The summed E-state index contributed by atoms with van der Waals surface area (Å²) in [5.74, 6) is 0. The third-order valence-electron chi connectivity index (χ3n) is 3.09. The largest absolute Gasteiger partial charge is 0.383 e. The van der Waals surface area contributed by atoms with Crippen LogP contribution in [-0.4, -0.2) is 26.4 Å². The van der Waals surface area contributed by atoms with Gasteiger partial charge in [0.05, 0.1) is 4.92 Å². The number of hydrogen-bond acceptors (Lipinski definition) is 5. The fourth-order valence-corrected chi connectivity index (χ4v) is 3.50. The van der Waals surface area contributed by atoms with Crippen molar-refractivity contribution in [2.75, 3.05) is 12.4 Å². The van der Waals surface area contributed by atoms with Crippen LogP contribution in [-0.2, 0) is 10.0 Å². The Kier molecular flexibility index (Phi) is 6.10. The van der Waals surface area contributed by atoms with E-state index in [-0.39, 0.29) is 16.6 Å². The van der Waals surface area contributed by atoms with Crippen molar-refractivity contribution in [2.24, 2.45) is 0 Å². The smallest absolute Gasteiger partial charge is 0.312 e. The molecule has 0 radical (unpaired) electrons. The third-order valence-corrected chi connectivity index (χ3v) is 4.71. The van der Waals surface area contributed by atoms with Crippen LogP contribution in [0, 0.1) is 10.1 Å². The number of nitrogens with zero attached hydrogens (tertiary/aromatic N) is 1. The molecule has 1 atom stereocenters. The zero-order valence-electron chi connectivity index (χ0n) is 12.4. The van der Waals surface area contributed by atoms with Crippen LogP contribution in [0.15, 0.2) is 23.1 Å². The maximum absolute atomic E-state index is 12.4. The zero-order chi connectivity index (χ0) is 16.0. The molecule has 0 aliphatic rings. The molecule has 21 heavy (non-hydrogen) atoms. The number of nitrogens with one attached hydrogen (secondary N) is 2. The maximum Gasteiger partial charge on any atom is 0.312 e. The molecular formula is C13H21N3O4S. The van der Waals surface area contributed by atoms with Crippen LogP contribution in [0.4, 0.5) is 11.4 Å². The summed E-state index contributed by atoms with van der Waals surface area (Å²) in [7, 11) is -2.42. The van der Waals surface area contributed by atoms with Gasteiger partial charge in [0.15, 0.2) is 4.90 Å². The number of nitro benzene ring substituents is 1. The van der Waals surface area contributed by atoms with Crippen molar-refractivity contribution in [3.05, 3.63) is 28.3 Å². The van der Waals surface area contributed by atoms with Crippen LogP contribution < -0.4 is 10.0 Å². The van der Waals surface area contributed by atoms with Crippen molar-refractivity contribution >= 4 is 21.4 Å². The lowest BCUT2D eigenvalue weighted by atomic mass is 10.2. The van der Waals surface area contributed by atoms with Gasteiger partial charge in [-0.25, -0.2) is 13.1 Å². The Morgan fingerprint density at radius 2 is 2.05 bits per heavy atom. The Morgan fingerprint density at radius 1 is 1.38 bits per heavy atom. The average Bonchev–Trinajstić information content (AvgIpc) is 2.43. The van der Waals surface area contributed by atoms with E-state index in [1.807, 2.05) is 6.92 Å². The maximum atomic E-state index is 12.4. The second kappa shape index (κ2) is 7.37. The Morgan fingerprint density at radius 3 is 2.57 bits per heavy atom. The molecule has 1 aromatic rings. The summed E-state index contributed by atoms with van der Waals surface area (Å²) in [6.07, 6.45) is 2.54. The molecule has 1 rings (SSSR count). The van der Waals surface area contributed by atoms with Gasteiger partial charge in [-0.15, -0.1) is 0 Å². The van der Waals surface area contributed by atoms with E-state index < -0.39 is 20.6 Å². The minimum absolute atomic E-state index is 0.170. The number of unbranched alkanes of at least 4 members (excludes halogenated alkanes) is 1. The van der Waals surface area contributed by atoms with Gasteiger partial charge < -0.3 is 5.32 Å². The monoisotopic (exact) mass is 315 g/mol. The molecular weight excluding hydrogens is 294 g/mol. The van der Waals surface area contributed by atoms with Crippen LogP contribution in [0.1, 0.15) is 33.1 Å². The Bertz CT molecular complexity index is 601. The highest BCUT2D eigenvalue weighted by Gasteiger charge is 2.29. The van der Waals surface area contributed by atoms with E-state index in [0.717, 1.165) is 12.8 Å². The molecule has 0 fully saturated rings. The van der Waals surface area contributed by atoms with Crippen molar-refractivity contribution < 1.29 is 13.3 Å². The molecule has 118 valence electrons. The van der Waals surface area contributed by atoms with E-state index in [1.54, 1.807) is 6.92 Å². The predicted octanol–water partition coefficient (Wildman–Crippen LogP) is 2.49. The van der Waals surface area contributed by atoms with Crippen molar-refractivity contribution in [3.63, 3.8) is 0 Å². The molecule has 1 unspecified atom stereocenters. The minimum Gasteiger partial charge on any atom is -0.383 e. The molecule has 0 amide bonds. The Labute approximate surface area is 124 Å². The Hall–Kier alpha value is -1.67.